The Balaban J connectivity index is 1.64. The lowest BCUT2D eigenvalue weighted by Crippen LogP contribution is -2.23. The average Bonchev–Trinajstić information content (AvgIpc) is 2.83. The molecule has 6 nitrogen and oxygen atoms in total. The number of carbonyl (C=O) groups is 2. The van der Waals surface area contributed by atoms with Gasteiger partial charge in [0.05, 0.1) is 10.0 Å². The van der Waals surface area contributed by atoms with Crippen LogP contribution in [0.2, 0.25) is 10.0 Å². The van der Waals surface area contributed by atoms with E-state index in [0.717, 1.165) is 16.7 Å². The molecule has 0 heterocycles. The lowest BCUT2D eigenvalue weighted by atomic mass is 10.1. The van der Waals surface area contributed by atoms with Crippen molar-refractivity contribution in [3.05, 3.63) is 98.5 Å². The van der Waals surface area contributed by atoms with Gasteiger partial charge in [0.25, 0.3) is 11.8 Å². The Labute approximate surface area is 214 Å². The maximum atomic E-state index is 12.4. The Morgan fingerprint density at radius 3 is 2.31 bits per heavy atom. The maximum Gasteiger partial charge on any atom is 0.262 e. The fourth-order valence-electron chi connectivity index (χ4n) is 3.14. The smallest absolute Gasteiger partial charge is 0.262 e. The van der Waals surface area contributed by atoms with Gasteiger partial charge in [-0.1, -0.05) is 59.6 Å². The molecule has 3 aromatic carbocycles. The number of carbonyl (C=O) groups excluding carboxylic acids is 2. The fourth-order valence-corrected chi connectivity index (χ4v) is 3.76. The first kappa shape index (κ1) is 25.8. The molecule has 0 fully saturated rings. The normalized spacial score (nSPS) is 10.9. The molecule has 0 aliphatic rings. The van der Waals surface area contributed by atoms with Crippen molar-refractivity contribution < 1.29 is 14.3 Å². The van der Waals surface area contributed by atoms with Gasteiger partial charge in [0, 0.05) is 12.2 Å². The zero-order valence-electron chi connectivity index (χ0n) is 19.2. The van der Waals surface area contributed by atoms with Gasteiger partial charge in [0.2, 0.25) is 0 Å². The molecule has 0 atom stereocenters. The van der Waals surface area contributed by atoms with Crippen molar-refractivity contribution in [2.24, 2.45) is 0 Å². The van der Waals surface area contributed by atoms with Crippen molar-refractivity contribution in [2.45, 2.75) is 20.4 Å². The highest BCUT2D eigenvalue weighted by Crippen LogP contribution is 2.35. The lowest BCUT2D eigenvalue weighted by Gasteiger charge is -2.12. The van der Waals surface area contributed by atoms with Gasteiger partial charge in [-0.25, -0.2) is 0 Å². The molecular formula is C27H23Cl2N3O3. The SMILES string of the molecule is Cc1ccc(NC(=O)COc2c(Cl)cc(/C=C(\C#N)C(=O)NCc3ccccc3)cc2Cl)cc1C. The summed E-state index contributed by atoms with van der Waals surface area (Å²) in [6.07, 6.45) is 1.38. The summed E-state index contributed by atoms with van der Waals surface area (Å²) in [7, 11) is 0. The first-order valence-corrected chi connectivity index (χ1v) is 11.4. The maximum absolute atomic E-state index is 12.4. The van der Waals surface area contributed by atoms with Gasteiger partial charge in [-0.15, -0.1) is 0 Å². The standard InChI is InChI=1S/C27H23Cl2N3O3/c1-17-8-9-22(10-18(17)2)32-25(33)16-35-26-23(28)12-20(13-24(26)29)11-21(14-30)27(34)31-15-19-6-4-3-5-7-19/h3-13H,15-16H2,1-2H3,(H,31,34)(H,32,33)/b21-11+. The quantitative estimate of drug-likeness (QED) is 0.295. The Bertz CT molecular complexity index is 1290. The molecule has 0 radical (unpaired) electrons. The van der Waals surface area contributed by atoms with E-state index in [9.17, 15) is 14.9 Å². The Hall–Kier alpha value is -3.79. The summed E-state index contributed by atoms with van der Waals surface area (Å²) in [6, 6.07) is 19.9. The number of amides is 2. The first-order chi connectivity index (χ1) is 16.8. The van der Waals surface area contributed by atoms with Gasteiger partial charge in [0.1, 0.15) is 11.6 Å². The summed E-state index contributed by atoms with van der Waals surface area (Å²) in [5.74, 6) is -0.758. The van der Waals surface area contributed by atoms with Crippen molar-refractivity contribution in [2.75, 3.05) is 11.9 Å². The van der Waals surface area contributed by atoms with Crippen LogP contribution >= 0.6 is 23.2 Å². The number of benzene rings is 3. The summed E-state index contributed by atoms with van der Waals surface area (Å²) >= 11 is 12.6. The van der Waals surface area contributed by atoms with Crippen LogP contribution in [0.15, 0.2) is 66.2 Å². The molecule has 35 heavy (non-hydrogen) atoms. The molecule has 2 amide bonds. The number of hydrogen-bond donors (Lipinski definition) is 2. The van der Waals surface area contributed by atoms with E-state index in [-0.39, 0.29) is 40.4 Å². The minimum Gasteiger partial charge on any atom is -0.481 e. The first-order valence-electron chi connectivity index (χ1n) is 10.7. The van der Waals surface area contributed by atoms with Crippen LogP contribution in [-0.4, -0.2) is 18.4 Å². The molecule has 2 N–H and O–H groups in total. The summed E-state index contributed by atoms with van der Waals surface area (Å²) < 4.78 is 5.54. The number of nitrogens with zero attached hydrogens (tertiary/aromatic N) is 1. The number of ether oxygens (including phenoxy) is 1. The molecule has 0 unspecified atom stereocenters. The van der Waals surface area contributed by atoms with Gasteiger partial charge in [-0.05, 0) is 66.4 Å². The van der Waals surface area contributed by atoms with E-state index < -0.39 is 5.91 Å². The summed E-state index contributed by atoms with van der Waals surface area (Å²) in [4.78, 5) is 24.7. The summed E-state index contributed by atoms with van der Waals surface area (Å²) in [6.45, 7) is 3.94. The molecule has 0 bridgehead atoms. The third-order valence-corrected chi connectivity index (χ3v) is 5.69. The summed E-state index contributed by atoms with van der Waals surface area (Å²) in [5.41, 5.74) is 4.10. The van der Waals surface area contributed by atoms with Gasteiger partial charge in [0.15, 0.2) is 12.4 Å². The second kappa shape index (κ2) is 12.1. The van der Waals surface area contributed by atoms with Gasteiger partial charge >= 0.3 is 0 Å². The largest absolute Gasteiger partial charge is 0.481 e. The van der Waals surface area contributed by atoms with E-state index in [1.165, 1.54) is 18.2 Å². The molecule has 0 aliphatic carbocycles. The second-order valence-electron chi connectivity index (χ2n) is 7.79. The molecule has 0 aliphatic heterocycles. The molecule has 3 rings (SSSR count). The molecule has 0 spiro atoms. The molecular weight excluding hydrogens is 485 g/mol. The third-order valence-electron chi connectivity index (χ3n) is 5.13. The number of hydrogen-bond acceptors (Lipinski definition) is 4. The number of rotatable bonds is 8. The van der Waals surface area contributed by atoms with Crippen LogP contribution in [0.25, 0.3) is 6.08 Å². The van der Waals surface area contributed by atoms with Crippen molar-refractivity contribution >= 4 is 46.8 Å². The third kappa shape index (κ3) is 7.35. The van der Waals surface area contributed by atoms with Crippen LogP contribution in [-0.2, 0) is 16.1 Å². The van der Waals surface area contributed by atoms with Crippen molar-refractivity contribution in [3.8, 4) is 11.8 Å². The summed E-state index contributed by atoms with van der Waals surface area (Å²) in [5, 5.41) is 15.2. The van der Waals surface area contributed by atoms with Crippen LogP contribution in [0.5, 0.6) is 5.75 Å². The highest BCUT2D eigenvalue weighted by Gasteiger charge is 2.14. The molecule has 8 heteroatoms. The fraction of sp³-hybridized carbons (Fsp3) is 0.148. The molecule has 0 saturated heterocycles. The molecule has 3 aromatic rings. The van der Waals surface area contributed by atoms with Crippen LogP contribution in [0.4, 0.5) is 5.69 Å². The van der Waals surface area contributed by atoms with E-state index in [1.807, 2.05) is 68.4 Å². The number of nitrogens with one attached hydrogen (secondary N) is 2. The Kier molecular flexibility index (Phi) is 8.91. The minimum atomic E-state index is -0.521. The average molecular weight is 508 g/mol. The molecule has 178 valence electrons. The highest BCUT2D eigenvalue weighted by molar-refractivity contribution is 6.37. The lowest BCUT2D eigenvalue weighted by molar-refractivity contribution is -0.118. The van der Waals surface area contributed by atoms with Crippen LogP contribution < -0.4 is 15.4 Å². The number of anilines is 1. The minimum absolute atomic E-state index is 0.102. The van der Waals surface area contributed by atoms with Crippen LogP contribution in [0.1, 0.15) is 22.3 Å². The van der Waals surface area contributed by atoms with E-state index in [4.69, 9.17) is 27.9 Å². The predicted molar refractivity (Wildman–Crippen MR) is 138 cm³/mol. The number of halogens is 2. The van der Waals surface area contributed by atoms with Crippen molar-refractivity contribution in [1.82, 2.24) is 5.32 Å². The van der Waals surface area contributed by atoms with E-state index in [1.54, 1.807) is 0 Å². The second-order valence-corrected chi connectivity index (χ2v) is 8.60. The number of aryl methyl sites for hydroxylation is 2. The monoisotopic (exact) mass is 507 g/mol. The molecule has 0 aromatic heterocycles. The topological polar surface area (TPSA) is 91.2 Å². The van der Waals surface area contributed by atoms with Gasteiger partial charge in [-0.2, -0.15) is 5.26 Å². The zero-order valence-corrected chi connectivity index (χ0v) is 20.7. The van der Waals surface area contributed by atoms with Gasteiger partial charge in [-0.3, -0.25) is 9.59 Å². The van der Waals surface area contributed by atoms with Crippen LogP contribution in [0.3, 0.4) is 0 Å². The van der Waals surface area contributed by atoms with Crippen molar-refractivity contribution in [1.29, 1.82) is 5.26 Å². The Morgan fingerprint density at radius 2 is 1.69 bits per heavy atom. The number of nitriles is 1. The van der Waals surface area contributed by atoms with E-state index >= 15 is 0 Å². The zero-order chi connectivity index (χ0) is 25.4. The van der Waals surface area contributed by atoms with E-state index in [0.29, 0.717) is 11.3 Å². The predicted octanol–water partition coefficient (Wildman–Crippen LogP) is 5.85. The highest BCUT2D eigenvalue weighted by atomic mass is 35.5. The van der Waals surface area contributed by atoms with Crippen molar-refractivity contribution in [3.63, 3.8) is 0 Å². The Morgan fingerprint density at radius 1 is 1.00 bits per heavy atom. The van der Waals surface area contributed by atoms with Gasteiger partial charge < -0.3 is 15.4 Å². The van der Waals surface area contributed by atoms with Crippen LogP contribution in [0, 0.1) is 25.2 Å². The van der Waals surface area contributed by atoms with E-state index in [2.05, 4.69) is 10.6 Å². The molecule has 0 saturated carbocycles.